The first-order valence-corrected chi connectivity index (χ1v) is 12.6. The summed E-state index contributed by atoms with van der Waals surface area (Å²) in [5.41, 5.74) is 3.54. The highest BCUT2D eigenvalue weighted by atomic mass is 19.3. The first kappa shape index (κ1) is 23.5. The highest BCUT2D eigenvalue weighted by Crippen LogP contribution is 2.50. The SMILES string of the molecule is Oc1ccc2c(c1)CC[C@H](C1CCC(F)(F)CC1)[C@@H]2c1ccc(OCCN2CC(CF)C2)cc1. The zero-order valence-electron chi connectivity index (χ0n) is 19.6. The van der Waals surface area contributed by atoms with Crippen molar-refractivity contribution in [3.05, 3.63) is 59.2 Å². The number of phenolic OH excluding ortho intramolecular Hbond substituents is 1. The van der Waals surface area contributed by atoms with E-state index in [2.05, 4.69) is 17.0 Å². The van der Waals surface area contributed by atoms with Gasteiger partial charge in [-0.15, -0.1) is 0 Å². The van der Waals surface area contributed by atoms with Gasteiger partial charge in [-0.1, -0.05) is 18.2 Å². The van der Waals surface area contributed by atoms with E-state index >= 15 is 0 Å². The molecule has 2 aliphatic carbocycles. The van der Waals surface area contributed by atoms with Gasteiger partial charge in [0.2, 0.25) is 5.92 Å². The minimum Gasteiger partial charge on any atom is -0.508 e. The average molecular weight is 474 g/mol. The largest absolute Gasteiger partial charge is 0.508 e. The maximum Gasteiger partial charge on any atom is 0.248 e. The van der Waals surface area contributed by atoms with Crippen LogP contribution in [0.3, 0.4) is 0 Å². The summed E-state index contributed by atoms with van der Waals surface area (Å²) < 4.78 is 46.2. The predicted molar refractivity (Wildman–Crippen MR) is 127 cm³/mol. The summed E-state index contributed by atoms with van der Waals surface area (Å²) in [6.45, 7) is 2.75. The average Bonchev–Trinajstić information content (AvgIpc) is 2.80. The molecule has 1 heterocycles. The molecule has 0 bridgehead atoms. The van der Waals surface area contributed by atoms with Gasteiger partial charge in [0, 0.05) is 44.3 Å². The molecule has 1 saturated carbocycles. The lowest BCUT2D eigenvalue weighted by molar-refractivity contribution is -0.0539. The van der Waals surface area contributed by atoms with Gasteiger partial charge in [-0.05, 0) is 78.5 Å². The summed E-state index contributed by atoms with van der Waals surface area (Å²) in [7, 11) is 0. The van der Waals surface area contributed by atoms with E-state index in [0.29, 0.717) is 25.4 Å². The van der Waals surface area contributed by atoms with Crippen molar-refractivity contribution in [3.63, 3.8) is 0 Å². The predicted octanol–water partition coefficient (Wildman–Crippen LogP) is 6.19. The summed E-state index contributed by atoms with van der Waals surface area (Å²) in [6, 6.07) is 13.8. The van der Waals surface area contributed by atoms with Gasteiger partial charge in [0.15, 0.2) is 0 Å². The van der Waals surface area contributed by atoms with Crippen LogP contribution in [0.25, 0.3) is 0 Å². The molecule has 2 fully saturated rings. The lowest BCUT2D eigenvalue weighted by Gasteiger charge is -2.41. The van der Waals surface area contributed by atoms with E-state index in [-0.39, 0.29) is 43.0 Å². The molecule has 1 N–H and O–H groups in total. The molecule has 5 rings (SSSR count). The molecule has 3 aliphatic rings. The van der Waals surface area contributed by atoms with Gasteiger partial charge in [0.05, 0.1) is 6.67 Å². The number of likely N-dealkylation sites (tertiary alicyclic amines) is 1. The van der Waals surface area contributed by atoms with Crippen LogP contribution < -0.4 is 4.74 Å². The highest BCUT2D eigenvalue weighted by molar-refractivity contribution is 5.45. The quantitative estimate of drug-likeness (QED) is 0.520. The lowest BCUT2D eigenvalue weighted by Crippen LogP contribution is -2.49. The molecular formula is C28H34F3NO2. The number of phenols is 1. The fraction of sp³-hybridized carbons (Fsp3) is 0.571. The van der Waals surface area contributed by atoms with Crippen LogP contribution in [0.5, 0.6) is 11.5 Å². The number of ether oxygens (including phenoxy) is 1. The van der Waals surface area contributed by atoms with E-state index in [9.17, 15) is 18.3 Å². The fourth-order valence-corrected chi connectivity index (χ4v) is 6.28. The van der Waals surface area contributed by atoms with E-state index in [1.54, 1.807) is 6.07 Å². The fourth-order valence-electron chi connectivity index (χ4n) is 6.28. The number of hydrogen-bond acceptors (Lipinski definition) is 3. The monoisotopic (exact) mass is 473 g/mol. The number of aromatic hydroxyl groups is 1. The van der Waals surface area contributed by atoms with Crippen LogP contribution in [-0.4, -0.2) is 48.8 Å². The third-order valence-corrected chi connectivity index (χ3v) is 8.17. The standard InChI is InChI=1S/C28H34F3NO2/c29-16-19-17-32(18-19)13-14-34-24-5-1-21(2-6-24)27-25(20-9-11-28(30,31)12-10-20)7-3-22-15-23(33)4-8-26(22)27/h1-2,4-6,8,15,19-20,25,27,33H,3,7,9-14,16-18H2/t25-,27+/m1/s1. The Kier molecular flexibility index (Phi) is 6.79. The third kappa shape index (κ3) is 5.07. The van der Waals surface area contributed by atoms with Crippen molar-refractivity contribution >= 4 is 0 Å². The normalized spacial score (nSPS) is 25.5. The van der Waals surface area contributed by atoms with Crippen molar-refractivity contribution in [3.8, 4) is 11.5 Å². The molecule has 0 spiro atoms. The van der Waals surface area contributed by atoms with Gasteiger partial charge in [-0.3, -0.25) is 9.29 Å². The van der Waals surface area contributed by atoms with E-state index < -0.39 is 5.92 Å². The molecule has 6 heteroatoms. The highest BCUT2D eigenvalue weighted by Gasteiger charge is 2.42. The Morgan fingerprint density at radius 3 is 2.44 bits per heavy atom. The Morgan fingerprint density at radius 1 is 1.00 bits per heavy atom. The number of rotatable bonds is 7. The van der Waals surface area contributed by atoms with Crippen LogP contribution in [0.4, 0.5) is 13.2 Å². The maximum atomic E-state index is 13.8. The summed E-state index contributed by atoms with van der Waals surface area (Å²) in [6.07, 6.45) is 2.94. The summed E-state index contributed by atoms with van der Waals surface area (Å²) in [5, 5.41) is 10.0. The molecule has 34 heavy (non-hydrogen) atoms. The van der Waals surface area contributed by atoms with Gasteiger partial charge in [-0.2, -0.15) is 0 Å². The van der Waals surface area contributed by atoms with Crippen LogP contribution in [0.15, 0.2) is 42.5 Å². The van der Waals surface area contributed by atoms with Crippen molar-refractivity contribution in [2.45, 2.75) is 50.4 Å². The Labute approximate surface area is 199 Å². The van der Waals surface area contributed by atoms with E-state index in [4.69, 9.17) is 4.74 Å². The summed E-state index contributed by atoms with van der Waals surface area (Å²) in [4.78, 5) is 2.20. The van der Waals surface area contributed by atoms with Crippen LogP contribution in [0.1, 0.15) is 54.7 Å². The zero-order chi connectivity index (χ0) is 23.7. The molecule has 2 aromatic carbocycles. The minimum absolute atomic E-state index is 0.0147. The first-order valence-electron chi connectivity index (χ1n) is 12.6. The Hall–Kier alpha value is -2.21. The summed E-state index contributed by atoms with van der Waals surface area (Å²) in [5.74, 6) is -0.524. The maximum absolute atomic E-state index is 13.8. The minimum atomic E-state index is -2.52. The van der Waals surface area contributed by atoms with Crippen molar-refractivity contribution < 1.29 is 23.0 Å². The van der Waals surface area contributed by atoms with E-state index in [0.717, 1.165) is 43.8 Å². The molecule has 0 unspecified atom stereocenters. The smallest absolute Gasteiger partial charge is 0.248 e. The number of fused-ring (bicyclic) bond motifs is 1. The zero-order valence-corrected chi connectivity index (χ0v) is 19.6. The molecule has 0 amide bonds. The molecule has 0 radical (unpaired) electrons. The van der Waals surface area contributed by atoms with E-state index in [1.807, 2.05) is 24.3 Å². The van der Waals surface area contributed by atoms with Crippen LogP contribution >= 0.6 is 0 Å². The van der Waals surface area contributed by atoms with E-state index in [1.165, 1.54) is 11.1 Å². The van der Waals surface area contributed by atoms with Crippen molar-refractivity contribution in [2.24, 2.45) is 17.8 Å². The Morgan fingerprint density at radius 2 is 1.74 bits per heavy atom. The molecular weight excluding hydrogens is 439 g/mol. The summed E-state index contributed by atoms with van der Waals surface area (Å²) >= 11 is 0. The van der Waals surface area contributed by atoms with Gasteiger partial charge < -0.3 is 9.84 Å². The number of alkyl halides is 3. The first-order chi connectivity index (χ1) is 16.4. The van der Waals surface area contributed by atoms with Crippen LogP contribution in [0.2, 0.25) is 0 Å². The molecule has 1 saturated heterocycles. The Bertz CT molecular complexity index is 964. The lowest BCUT2D eigenvalue weighted by atomic mass is 9.64. The number of halogens is 3. The molecule has 3 nitrogen and oxygen atoms in total. The van der Waals surface area contributed by atoms with Crippen molar-refractivity contribution in [1.29, 1.82) is 0 Å². The second kappa shape index (κ2) is 9.80. The molecule has 0 aromatic heterocycles. The number of hydrogen-bond donors (Lipinski definition) is 1. The molecule has 1 aliphatic heterocycles. The van der Waals surface area contributed by atoms with Gasteiger partial charge in [-0.25, -0.2) is 8.78 Å². The topological polar surface area (TPSA) is 32.7 Å². The van der Waals surface area contributed by atoms with Crippen LogP contribution in [-0.2, 0) is 6.42 Å². The second-order valence-electron chi connectivity index (χ2n) is 10.5. The number of nitrogens with zero attached hydrogens (tertiary/aromatic N) is 1. The van der Waals surface area contributed by atoms with Gasteiger partial charge in [0.1, 0.15) is 18.1 Å². The van der Waals surface area contributed by atoms with Gasteiger partial charge >= 0.3 is 0 Å². The number of benzene rings is 2. The third-order valence-electron chi connectivity index (χ3n) is 8.17. The second-order valence-corrected chi connectivity index (χ2v) is 10.5. The molecule has 184 valence electrons. The molecule has 2 atom stereocenters. The van der Waals surface area contributed by atoms with Gasteiger partial charge in [0.25, 0.3) is 0 Å². The Balaban J connectivity index is 1.30. The number of aryl methyl sites for hydroxylation is 1. The van der Waals surface area contributed by atoms with Crippen molar-refractivity contribution in [1.82, 2.24) is 4.90 Å². The van der Waals surface area contributed by atoms with Crippen LogP contribution in [0, 0.1) is 17.8 Å². The molecule has 2 aromatic rings. The van der Waals surface area contributed by atoms with Crippen molar-refractivity contribution in [2.75, 3.05) is 32.9 Å².